The molecule has 11 heavy (non-hydrogen) atoms. The van der Waals surface area contributed by atoms with Crippen LogP contribution in [0.2, 0.25) is 0 Å². The molecule has 0 bridgehead atoms. The summed E-state index contributed by atoms with van der Waals surface area (Å²) in [5, 5.41) is 10.7. The topological polar surface area (TPSA) is 92.4 Å². The number of hydrogen-bond acceptors (Lipinski definition) is 2. The average Bonchev–Trinajstić information content (AvgIpc) is 1.53. The molecule has 0 fully saturated rings. The monoisotopic (exact) mass is 160 g/mol. The second kappa shape index (κ2) is 3.23. The molecule has 0 saturated heterocycles. The normalized spacial score (nSPS) is 10.7. The molecule has 0 aromatic rings. The van der Waals surface area contributed by atoms with Crippen molar-refractivity contribution in [2.45, 2.75) is 25.8 Å². The largest absolute Gasteiger partial charge is 0.481 e. The van der Waals surface area contributed by atoms with Crippen LogP contribution in [0.3, 0.4) is 0 Å². The van der Waals surface area contributed by atoms with Gasteiger partial charge < -0.3 is 16.2 Å². The van der Waals surface area contributed by atoms with Crippen molar-refractivity contribution < 1.29 is 14.7 Å². The summed E-state index contributed by atoms with van der Waals surface area (Å²) < 4.78 is 0. The molecule has 0 aromatic heterocycles. The van der Waals surface area contributed by atoms with Crippen molar-refractivity contribution in [2.24, 2.45) is 5.73 Å². The predicted octanol–water partition coefficient (Wildman–Crippen LogP) is -0.0920. The average molecular weight is 160 g/mol. The Labute approximate surface area is 64.6 Å². The van der Waals surface area contributed by atoms with E-state index in [0.29, 0.717) is 0 Å². The van der Waals surface area contributed by atoms with Gasteiger partial charge in [0, 0.05) is 5.54 Å². The molecule has 0 atom stereocenters. The molecule has 0 aliphatic heterocycles. The van der Waals surface area contributed by atoms with Crippen LogP contribution in [-0.4, -0.2) is 22.6 Å². The fourth-order valence-corrected chi connectivity index (χ4v) is 0.756. The number of nitrogens with two attached hydrogens (primary N) is 1. The summed E-state index contributed by atoms with van der Waals surface area (Å²) in [5.74, 6) is -0.969. The summed E-state index contributed by atoms with van der Waals surface area (Å²) in [6.07, 6.45) is -0.143. The summed E-state index contributed by atoms with van der Waals surface area (Å²) in [6.45, 7) is 3.18. The Morgan fingerprint density at radius 1 is 1.55 bits per heavy atom. The Hall–Kier alpha value is -1.26. The number of amides is 2. The second-order valence-electron chi connectivity index (χ2n) is 2.94. The molecule has 0 spiro atoms. The standard InChI is InChI=1S/C6H12N2O3/c1-6(2,3-4(9)10)8-5(7)11/h3H2,1-2H3,(H,9,10)(H3,7,8,11). The number of carboxylic acid groups (broad SMARTS) is 1. The molecule has 0 aliphatic rings. The fraction of sp³-hybridized carbons (Fsp3) is 0.667. The summed E-state index contributed by atoms with van der Waals surface area (Å²) in [4.78, 5) is 20.5. The lowest BCUT2D eigenvalue weighted by Crippen LogP contribution is -2.47. The first-order valence-electron chi connectivity index (χ1n) is 3.13. The Kier molecular flexibility index (Phi) is 2.86. The van der Waals surface area contributed by atoms with Crippen LogP contribution in [0.25, 0.3) is 0 Å². The summed E-state index contributed by atoms with van der Waals surface area (Å²) in [6, 6.07) is -0.712. The van der Waals surface area contributed by atoms with Gasteiger partial charge in [0.1, 0.15) is 0 Å². The molecule has 0 saturated carbocycles. The molecule has 5 heteroatoms. The van der Waals surface area contributed by atoms with Crippen molar-refractivity contribution in [1.29, 1.82) is 0 Å². The highest BCUT2D eigenvalue weighted by atomic mass is 16.4. The van der Waals surface area contributed by atoms with Gasteiger partial charge in [-0.05, 0) is 13.8 Å². The van der Waals surface area contributed by atoms with Crippen LogP contribution >= 0.6 is 0 Å². The van der Waals surface area contributed by atoms with Crippen LogP contribution < -0.4 is 11.1 Å². The molecule has 0 unspecified atom stereocenters. The zero-order valence-corrected chi connectivity index (χ0v) is 6.55. The van der Waals surface area contributed by atoms with E-state index in [1.165, 1.54) is 0 Å². The number of hydrogen-bond donors (Lipinski definition) is 3. The molecule has 0 heterocycles. The number of nitrogens with one attached hydrogen (secondary N) is 1. The maximum Gasteiger partial charge on any atom is 0.312 e. The summed E-state index contributed by atoms with van der Waals surface area (Å²) in [5.41, 5.74) is 4.03. The van der Waals surface area contributed by atoms with E-state index >= 15 is 0 Å². The van der Waals surface area contributed by atoms with Crippen molar-refractivity contribution in [3.8, 4) is 0 Å². The molecule has 0 aliphatic carbocycles. The molecule has 5 nitrogen and oxygen atoms in total. The number of carbonyl (C=O) groups excluding carboxylic acids is 1. The fourth-order valence-electron chi connectivity index (χ4n) is 0.756. The van der Waals surface area contributed by atoms with E-state index < -0.39 is 17.5 Å². The number of primary amides is 1. The van der Waals surface area contributed by atoms with Crippen molar-refractivity contribution in [3.63, 3.8) is 0 Å². The van der Waals surface area contributed by atoms with E-state index in [1.54, 1.807) is 13.8 Å². The third kappa shape index (κ3) is 5.20. The van der Waals surface area contributed by atoms with Crippen LogP contribution in [0.4, 0.5) is 4.79 Å². The van der Waals surface area contributed by atoms with Gasteiger partial charge in [0.15, 0.2) is 0 Å². The van der Waals surface area contributed by atoms with E-state index in [1.807, 2.05) is 0 Å². The maximum absolute atomic E-state index is 10.3. The van der Waals surface area contributed by atoms with Gasteiger partial charge in [0.25, 0.3) is 0 Å². The Morgan fingerprint density at radius 3 is 2.27 bits per heavy atom. The summed E-state index contributed by atoms with van der Waals surface area (Å²) >= 11 is 0. The Bertz CT molecular complexity index is 159. The van der Waals surface area contributed by atoms with Gasteiger partial charge in [0.2, 0.25) is 0 Å². The van der Waals surface area contributed by atoms with Gasteiger partial charge in [-0.15, -0.1) is 0 Å². The molecule has 2 amide bonds. The van der Waals surface area contributed by atoms with Gasteiger partial charge in [-0.1, -0.05) is 0 Å². The second-order valence-corrected chi connectivity index (χ2v) is 2.94. The SMILES string of the molecule is CC(C)(CC(=O)O)NC(N)=O. The Balaban J connectivity index is 3.99. The van der Waals surface area contributed by atoms with E-state index in [-0.39, 0.29) is 6.42 Å². The van der Waals surface area contributed by atoms with E-state index in [9.17, 15) is 9.59 Å². The van der Waals surface area contributed by atoms with Crippen molar-refractivity contribution in [1.82, 2.24) is 5.32 Å². The van der Waals surface area contributed by atoms with E-state index in [0.717, 1.165) is 0 Å². The van der Waals surface area contributed by atoms with Gasteiger partial charge in [-0.3, -0.25) is 4.79 Å². The lowest BCUT2D eigenvalue weighted by atomic mass is 10.0. The van der Waals surface area contributed by atoms with Crippen molar-refractivity contribution >= 4 is 12.0 Å². The van der Waals surface area contributed by atoms with Crippen LogP contribution in [0.5, 0.6) is 0 Å². The summed E-state index contributed by atoms with van der Waals surface area (Å²) in [7, 11) is 0. The molecule has 0 aromatic carbocycles. The van der Waals surface area contributed by atoms with E-state index in [4.69, 9.17) is 10.8 Å². The first kappa shape index (κ1) is 9.74. The lowest BCUT2D eigenvalue weighted by Gasteiger charge is -2.22. The quantitative estimate of drug-likeness (QED) is 0.538. The first-order valence-corrected chi connectivity index (χ1v) is 3.13. The maximum atomic E-state index is 10.3. The lowest BCUT2D eigenvalue weighted by molar-refractivity contribution is -0.138. The Morgan fingerprint density at radius 2 is 2.00 bits per heavy atom. The number of aliphatic carboxylic acids is 1. The minimum absolute atomic E-state index is 0.143. The number of rotatable bonds is 3. The van der Waals surface area contributed by atoms with Crippen molar-refractivity contribution in [2.75, 3.05) is 0 Å². The van der Waals surface area contributed by atoms with Crippen LogP contribution in [0, 0.1) is 0 Å². The van der Waals surface area contributed by atoms with Crippen LogP contribution in [0.1, 0.15) is 20.3 Å². The third-order valence-corrected chi connectivity index (χ3v) is 1.05. The van der Waals surface area contributed by atoms with Crippen molar-refractivity contribution in [3.05, 3.63) is 0 Å². The predicted molar refractivity (Wildman–Crippen MR) is 39.1 cm³/mol. The smallest absolute Gasteiger partial charge is 0.312 e. The van der Waals surface area contributed by atoms with Gasteiger partial charge in [-0.25, -0.2) is 4.79 Å². The van der Waals surface area contributed by atoms with Crippen LogP contribution in [-0.2, 0) is 4.79 Å². The van der Waals surface area contributed by atoms with Gasteiger partial charge in [-0.2, -0.15) is 0 Å². The molecule has 4 N–H and O–H groups in total. The zero-order valence-electron chi connectivity index (χ0n) is 6.55. The molecule has 64 valence electrons. The number of carbonyl (C=O) groups is 2. The molecule has 0 rings (SSSR count). The van der Waals surface area contributed by atoms with Gasteiger partial charge in [0.05, 0.1) is 6.42 Å². The highest BCUT2D eigenvalue weighted by Gasteiger charge is 2.22. The minimum Gasteiger partial charge on any atom is -0.481 e. The number of urea groups is 1. The molecular formula is C6H12N2O3. The van der Waals surface area contributed by atoms with Crippen LogP contribution in [0.15, 0.2) is 0 Å². The first-order chi connectivity index (χ1) is 4.83. The number of carboxylic acids is 1. The zero-order chi connectivity index (χ0) is 9.07. The highest BCUT2D eigenvalue weighted by molar-refractivity contribution is 5.74. The molecule has 0 radical (unpaired) electrons. The van der Waals surface area contributed by atoms with Gasteiger partial charge >= 0.3 is 12.0 Å². The molecular weight excluding hydrogens is 148 g/mol. The third-order valence-electron chi connectivity index (χ3n) is 1.05. The highest BCUT2D eigenvalue weighted by Crippen LogP contribution is 2.06. The van der Waals surface area contributed by atoms with E-state index in [2.05, 4.69) is 5.32 Å². The minimum atomic E-state index is -0.969.